The van der Waals surface area contributed by atoms with E-state index in [1.54, 1.807) is 21.0 Å². The number of carbonyl (C=O) groups is 1. The number of rotatable bonds is 4. The van der Waals surface area contributed by atoms with Gasteiger partial charge in [0.15, 0.2) is 0 Å². The highest BCUT2D eigenvalue weighted by Crippen LogP contribution is 2.05. The van der Waals surface area contributed by atoms with Crippen LogP contribution in [0.5, 0.6) is 0 Å². The van der Waals surface area contributed by atoms with Gasteiger partial charge in [0.05, 0.1) is 0 Å². The van der Waals surface area contributed by atoms with Crippen molar-refractivity contribution in [2.24, 2.45) is 0 Å². The van der Waals surface area contributed by atoms with Crippen molar-refractivity contribution in [2.75, 3.05) is 14.1 Å². The zero-order valence-electron chi connectivity index (χ0n) is 9.21. The molecule has 82 valence electrons. The van der Waals surface area contributed by atoms with Crippen molar-refractivity contribution in [1.29, 1.82) is 0 Å². The van der Waals surface area contributed by atoms with Gasteiger partial charge < -0.3 is 12.4 Å². The molecule has 0 heterocycles. The lowest BCUT2D eigenvalue weighted by Gasteiger charge is -2.21. The lowest BCUT2D eigenvalue weighted by atomic mass is 10.4. The van der Waals surface area contributed by atoms with E-state index >= 15 is 0 Å². The van der Waals surface area contributed by atoms with E-state index in [-0.39, 0.29) is 23.0 Å². The van der Waals surface area contributed by atoms with Crippen molar-refractivity contribution >= 4 is 5.97 Å². The summed E-state index contributed by atoms with van der Waals surface area (Å²) >= 11 is 0. The number of hydrogen-bond donors (Lipinski definition) is 0. The summed E-state index contributed by atoms with van der Waals surface area (Å²) in [5.74, 6) is -0.370. The molecule has 0 atom stereocenters. The summed E-state index contributed by atoms with van der Waals surface area (Å²) in [6.45, 7) is 7.17. The Labute approximate surface area is 92.0 Å². The Morgan fingerprint density at radius 2 is 2.00 bits per heavy atom. The topological polar surface area (TPSA) is 26.3 Å². The number of hydroxylamine groups is 3. The van der Waals surface area contributed by atoms with E-state index in [0.29, 0.717) is 5.57 Å². The quantitative estimate of drug-likeness (QED) is 0.346. The number of carbonyl (C=O) groups excluding carboxylic acids is 1. The molecule has 3 nitrogen and oxygen atoms in total. The molecule has 0 bridgehead atoms. The minimum absolute atomic E-state index is 0. The number of hydrogen-bond acceptors (Lipinski definition) is 2. The zero-order chi connectivity index (χ0) is 10.5. The first-order valence-electron chi connectivity index (χ1n) is 4.30. The third-order valence-corrected chi connectivity index (χ3v) is 1.37. The molecule has 0 fully saturated rings. The minimum Gasteiger partial charge on any atom is -1.00 e. The van der Waals surface area contributed by atoms with Gasteiger partial charge in [0.25, 0.3) is 0 Å². The first kappa shape index (κ1) is 15.7. The predicted molar refractivity (Wildman–Crippen MR) is 52.4 cm³/mol. The van der Waals surface area contributed by atoms with Gasteiger partial charge in [-0.1, -0.05) is 13.5 Å². The van der Waals surface area contributed by atoms with E-state index in [2.05, 4.69) is 6.58 Å². The van der Waals surface area contributed by atoms with Crippen LogP contribution in [0.3, 0.4) is 0 Å². The van der Waals surface area contributed by atoms with Crippen LogP contribution in [0, 0.1) is 0 Å². The van der Waals surface area contributed by atoms with Crippen molar-refractivity contribution < 1.29 is 26.7 Å². The molecule has 0 unspecified atom stereocenters. The second-order valence-electron chi connectivity index (χ2n) is 3.39. The average molecular weight is 220 g/mol. The van der Waals surface area contributed by atoms with Crippen LogP contribution in [0.25, 0.3) is 0 Å². The molecule has 0 radical (unpaired) electrons. The smallest absolute Gasteiger partial charge is 0.393 e. The summed E-state index contributed by atoms with van der Waals surface area (Å²) in [4.78, 5) is 16.3. The lowest BCUT2D eigenvalue weighted by molar-refractivity contribution is -1.02. The second-order valence-corrected chi connectivity index (χ2v) is 3.39. The average Bonchev–Trinajstić information content (AvgIpc) is 2.00. The Kier molecular flexibility index (Phi) is 7.41. The van der Waals surface area contributed by atoms with Gasteiger partial charge in [0, 0.05) is 5.57 Å². The minimum atomic E-state index is -0.370. The third-order valence-electron chi connectivity index (χ3n) is 1.37. The van der Waals surface area contributed by atoms with Gasteiger partial charge in [-0.25, -0.2) is 4.79 Å². The lowest BCUT2D eigenvalue weighted by Crippen LogP contribution is -3.00. The molecule has 4 heteroatoms. The van der Waals surface area contributed by atoms with E-state index in [4.69, 9.17) is 4.84 Å². The van der Waals surface area contributed by atoms with Gasteiger partial charge in [-0.2, -0.15) is 0 Å². The highest BCUT2D eigenvalue weighted by Gasteiger charge is 2.18. The van der Waals surface area contributed by atoms with Crippen LogP contribution in [0.15, 0.2) is 24.4 Å². The number of quaternary nitrogens is 1. The molecular formula is C10H18ClNO2. The van der Waals surface area contributed by atoms with Gasteiger partial charge in [0.1, 0.15) is 20.3 Å². The van der Waals surface area contributed by atoms with Crippen LogP contribution in [0.2, 0.25) is 0 Å². The van der Waals surface area contributed by atoms with Crippen LogP contribution in [-0.4, -0.2) is 24.7 Å². The molecule has 0 aliphatic rings. The summed E-state index contributed by atoms with van der Waals surface area (Å²) < 4.78 is 0.0968. The summed E-state index contributed by atoms with van der Waals surface area (Å²) in [7, 11) is 3.57. The number of nitrogens with zero attached hydrogens (tertiary/aromatic N) is 1. The standard InChI is InChI=1S/C10H18NO2.ClH/c1-6-7-8-11(4,5)13-10(12)9(2)3;/h7-8H,2,6H2,1,3-5H3;1H/q+1;/p-1. The first-order chi connectivity index (χ1) is 5.89. The molecule has 14 heavy (non-hydrogen) atoms. The summed E-state index contributed by atoms with van der Waals surface area (Å²) in [6, 6.07) is 0. The SMILES string of the molecule is C=C(C)C(=O)O[N+](C)(C)C=CCC.[Cl-]. The molecule has 0 aliphatic carbocycles. The van der Waals surface area contributed by atoms with Crippen molar-refractivity contribution in [3.63, 3.8) is 0 Å². The molecule has 0 aromatic carbocycles. The number of allylic oxidation sites excluding steroid dienone is 1. The molecule has 0 amide bonds. The van der Waals surface area contributed by atoms with Crippen molar-refractivity contribution in [2.45, 2.75) is 20.3 Å². The Hall–Kier alpha value is -0.800. The van der Waals surface area contributed by atoms with E-state index in [0.717, 1.165) is 6.42 Å². The molecular weight excluding hydrogens is 202 g/mol. The monoisotopic (exact) mass is 219 g/mol. The molecule has 0 saturated heterocycles. The maximum Gasteiger partial charge on any atom is 0.393 e. The van der Waals surface area contributed by atoms with E-state index in [9.17, 15) is 4.79 Å². The Balaban J connectivity index is 0. The van der Waals surface area contributed by atoms with Crippen molar-refractivity contribution in [1.82, 2.24) is 0 Å². The van der Waals surface area contributed by atoms with E-state index in [1.807, 2.05) is 19.2 Å². The molecule has 0 saturated carbocycles. The Morgan fingerprint density at radius 3 is 2.36 bits per heavy atom. The Bertz CT molecular complexity index is 234. The fourth-order valence-corrected chi connectivity index (χ4v) is 0.681. The highest BCUT2D eigenvalue weighted by atomic mass is 35.5. The van der Waals surface area contributed by atoms with Crippen LogP contribution in [0.1, 0.15) is 20.3 Å². The van der Waals surface area contributed by atoms with Gasteiger partial charge in [-0.05, 0) is 19.4 Å². The molecule has 0 rings (SSSR count). The molecule has 0 spiro atoms. The van der Waals surface area contributed by atoms with Gasteiger partial charge >= 0.3 is 5.97 Å². The summed E-state index contributed by atoms with van der Waals surface area (Å²) in [6.07, 6.45) is 4.69. The molecule has 0 aromatic heterocycles. The Morgan fingerprint density at radius 1 is 1.50 bits per heavy atom. The largest absolute Gasteiger partial charge is 1.00 e. The predicted octanol–water partition coefficient (Wildman–Crippen LogP) is -0.975. The van der Waals surface area contributed by atoms with Crippen molar-refractivity contribution in [3.05, 3.63) is 24.4 Å². The fourth-order valence-electron chi connectivity index (χ4n) is 0.681. The molecule has 0 aliphatic heterocycles. The zero-order valence-corrected chi connectivity index (χ0v) is 9.97. The van der Waals surface area contributed by atoms with E-state index < -0.39 is 0 Å². The van der Waals surface area contributed by atoms with Crippen molar-refractivity contribution in [3.8, 4) is 0 Å². The highest BCUT2D eigenvalue weighted by molar-refractivity contribution is 5.86. The van der Waals surface area contributed by atoms with E-state index in [1.165, 1.54) is 0 Å². The molecule has 0 aromatic rings. The van der Waals surface area contributed by atoms with Crippen LogP contribution >= 0.6 is 0 Å². The first-order valence-corrected chi connectivity index (χ1v) is 4.30. The molecule has 0 N–H and O–H groups in total. The third kappa shape index (κ3) is 6.69. The maximum atomic E-state index is 11.2. The number of halogens is 1. The summed E-state index contributed by atoms with van der Waals surface area (Å²) in [5.41, 5.74) is 0.413. The van der Waals surface area contributed by atoms with Crippen LogP contribution < -0.4 is 12.4 Å². The summed E-state index contributed by atoms with van der Waals surface area (Å²) in [5, 5.41) is 0. The van der Waals surface area contributed by atoms with Gasteiger partial charge in [0.2, 0.25) is 0 Å². The normalized spacial score (nSPS) is 10.9. The van der Waals surface area contributed by atoms with Gasteiger partial charge in [-0.3, -0.25) is 4.84 Å². The second kappa shape index (κ2) is 6.62. The van der Waals surface area contributed by atoms with Crippen LogP contribution in [0.4, 0.5) is 0 Å². The van der Waals surface area contributed by atoms with Crippen LogP contribution in [-0.2, 0) is 9.63 Å². The maximum absolute atomic E-state index is 11.2. The fraction of sp³-hybridized carbons (Fsp3) is 0.500. The van der Waals surface area contributed by atoms with Gasteiger partial charge in [-0.15, -0.1) is 4.65 Å².